The van der Waals surface area contributed by atoms with Crippen LogP contribution in [0, 0.1) is 5.92 Å². The molecular weight excluding hydrogens is 336 g/mol. The molecule has 1 aliphatic heterocycles. The molecule has 24 heavy (non-hydrogen) atoms. The fourth-order valence-corrected chi connectivity index (χ4v) is 3.63. The van der Waals surface area contributed by atoms with Crippen molar-refractivity contribution in [3.8, 4) is 0 Å². The van der Waals surface area contributed by atoms with Crippen molar-refractivity contribution in [2.24, 2.45) is 5.92 Å². The summed E-state index contributed by atoms with van der Waals surface area (Å²) in [5, 5.41) is 11.8. The number of carbonyl (C=O) groups is 2. The molecule has 0 atom stereocenters. The highest BCUT2D eigenvalue weighted by Crippen LogP contribution is 2.19. The first-order chi connectivity index (χ1) is 11.2. The monoisotopic (exact) mass is 358 g/mol. The van der Waals surface area contributed by atoms with Gasteiger partial charge in [-0.2, -0.15) is 0 Å². The van der Waals surface area contributed by atoms with Crippen molar-refractivity contribution in [3.05, 3.63) is 23.2 Å². The van der Waals surface area contributed by atoms with Gasteiger partial charge in [0.1, 0.15) is 11.3 Å². The van der Waals surface area contributed by atoms with E-state index in [-0.39, 0.29) is 23.0 Å². The number of furan rings is 1. The topological polar surface area (TPSA) is 117 Å². The van der Waals surface area contributed by atoms with Crippen LogP contribution in [0.25, 0.3) is 0 Å². The second-order valence-electron chi connectivity index (χ2n) is 5.92. The first-order valence-electron chi connectivity index (χ1n) is 7.81. The van der Waals surface area contributed by atoms with Crippen LogP contribution in [0.4, 0.5) is 0 Å². The van der Waals surface area contributed by atoms with Gasteiger partial charge in [0.15, 0.2) is 5.76 Å². The second kappa shape index (κ2) is 7.35. The van der Waals surface area contributed by atoms with Gasteiger partial charge in [0.25, 0.3) is 5.91 Å². The number of rotatable bonds is 6. The SMILES string of the molecule is CCc1oc(C(=O)NCC2CCN(S(C)(=O)=O)CC2)cc1C(=O)O. The molecule has 1 saturated heterocycles. The first-order valence-corrected chi connectivity index (χ1v) is 9.66. The van der Waals surface area contributed by atoms with E-state index >= 15 is 0 Å². The van der Waals surface area contributed by atoms with E-state index in [1.807, 2.05) is 0 Å². The minimum absolute atomic E-state index is 0.00381. The molecule has 1 amide bonds. The molecule has 0 unspecified atom stereocenters. The van der Waals surface area contributed by atoms with Crippen LogP contribution in [0.3, 0.4) is 0 Å². The van der Waals surface area contributed by atoms with Crippen molar-refractivity contribution in [1.82, 2.24) is 9.62 Å². The van der Waals surface area contributed by atoms with E-state index in [4.69, 9.17) is 9.52 Å². The first kappa shape index (κ1) is 18.5. The van der Waals surface area contributed by atoms with Crippen LogP contribution in [0.2, 0.25) is 0 Å². The third-order valence-corrected chi connectivity index (χ3v) is 5.48. The lowest BCUT2D eigenvalue weighted by Crippen LogP contribution is -2.41. The summed E-state index contributed by atoms with van der Waals surface area (Å²) in [6.45, 7) is 3.05. The van der Waals surface area contributed by atoms with E-state index in [0.29, 0.717) is 38.9 Å². The highest BCUT2D eigenvalue weighted by molar-refractivity contribution is 7.88. The molecule has 2 rings (SSSR count). The number of carboxylic acid groups (broad SMARTS) is 1. The lowest BCUT2D eigenvalue weighted by atomic mass is 9.98. The highest BCUT2D eigenvalue weighted by Gasteiger charge is 2.26. The number of carboxylic acids is 1. The van der Waals surface area contributed by atoms with Crippen LogP contribution < -0.4 is 5.32 Å². The molecule has 1 fully saturated rings. The Bertz CT molecular complexity index is 716. The van der Waals surface area contributed by atoms with Crippen LogP contribution in [0.1, 0.15) is 46.4 Å². The van der Waals surface area contributed by atoms with Crippen molar-refractivity contribution >= 4 is 21.9 Å². The largest absolute Gasteiger partial charge is 0.478 e. The number of nitrogens with one attached hydrogen (secondary N) is 1. The molecule has 0 aliphatic carbocycles. The zero-order chi connectivity index (χ0) is 17.9. The number of piperidine rings is 1. The fraction of sp³-hybridized carbons (Fsp3) is 0.600. The number of hydrogen-bond acceptors (Lipinski definition) is 5. The predicted molar refractivity (Wildman–Crippen MR) is 86.5 cm³/mol. The smallest absolute Gasteiger partial charge is 0.339 e. The molecule has 8 nitrogen and oxygen atoms in total. The molecule has 1 aromatic heterocycles. The third kappa shape index (κ3) is 4.35. The second-order valence-corrected chi connectivity index (χ2v) is 7.90. The number of sulfonamides is 1. The Kier molecular flexibility index (Phi) is 5.66. The zero-order valence-corrected chi connectivity index (χ0v) is 14.6. The number of nitrogens with zero attached hydrogens (tertiary/aromatic N) is 1. The summed E-state index contributed by atoms with van der Waals surface area (Å²) in [6.07, 6.45) is 2.93. The number of aromatic carboxylic acids is 1. The van der Waals surface area contributed by atoms with Crippen LogP contribution in [-0.4, -0.2) is 55.6 Å². The molecule has 0 saturated carbocycles. The maximum atomic E-state index is 12.1. The Balaban J connectivity index is 1.89. The van der Waals surface area contributed by atoms with E-state index in [9.17, 15) is 18.0 Å². The summed E-state index contributed by atoms with van der Waals surface area (Å²) in [5.74, 6) is -1.14. The fourth-order valence-electron chi connectivity index (χ4n) is 2.75. The molecule has 9 heteroatoms. The molecule has 2 heterocycles. The van der Waals surface area contributed by atoms with Crippen LogP contribution in [0.15, 0.2) is 10.5 Å². The normalized spacial score (nSPS) is 16.9. The van der Waals surface area contributed by atoms with Gasteiger partial charge in [0.2, 0.25) is 10.0 Å². The van der Waals surface area contributed by atoms with Crippen LogP contribution in [0.5, 0.6) is 0 Å². The van der Waals surface area contributed by atoms with Gasteiger partial charge in [0.05, 0.1) is 6.26 Å². The van der Waals surface area contributed by atoms with E-state index in [1.54, 1.807) is 6.92 Å². The molecule has 1 aromatic rings. The van der Waals surface area contributed by atoms with Gasteiger partial charge >= 0.3 is 5.97 Å². The summed E-state index contributed by atoms with van der Waals surface area (Å²) in [5.41, 5.74) is 0.00381. The average molecular weight is 358 g/mol. The zero-order valence-electron chi connectivity index (χ0n) is 13.7. The van der Waals surface area contributed by atoms with E-state index in [1.165, 1.54) is 16.6 Å². The van der Waals surface area contributed by atoms with Crippen LogP contribution >= 0.6 is 0 Å². The van der Waals surface area contributed by atoms with E-state index in [0.717, 1.165) is 0 Å². The van der Waals surface area contributed by atoms with Gasteiger partial charge in [-0.3, -0.25) is 4.79 Å². The maximum Gasteiger partial charge on any atom is 0.339 e. The lowest BCUT2D eigenvalue weighted by molar-refractivity contribution is 0.0694. The summed E-state index contributed by atoms with van der Waals surface area (Å²) >= 11 is 0. The van der Waals surface area contributed by atoms with E-state index < -0.39 is 21.9 Å². The molecule has 0 radical (unpaired) electrons. The van der Waals surface area contributed by atoms with Crippen molar-refractivity contribution in [1.29, 1.82) is 0 Å². The molecule has 0 spiro atoms. The number of carbonyl (C=O) groups excluding carboxylic acids is 1. The maximum absolute atomic E-state index is 12.1. The Hall–Kier alpha value is -1.87. The van der Waals surface area contributed by atoms with Crippen molar-refractivity contribution < 1.29 is 27.5 Å². The van der Waals surface area contributed by atoms with Gasteiger partial charge in [0, 0.05) is 32.1 Å². The number of hydrogen-bond donors (Lipinski definition) is 2. The summed E-state index contributed by atoms with van der Waals surface area (Å²) in [6, 6.07) is 1.24. The molecule has 134 valence electrons. The van der Waals surface area contributed by atoms with Gasteiger partial charge < -0.3 is 14.8 Å². The third-order valence-electron chi connectivity index (χ3n) is 4.18. The summed E-state index contributed by atoms with van der Waals surface area (Å²) < 4.78 is 29.7. The summed E-state index contributed by atoms with van der Waals surface area (Å²) in [4.78, 5) is 23.2. The molecule has 0 aromatic carbocycles. The Morgan fingerprint density at radius 2 is 2.00 bits per heavy atom. The quantitative estimate of drug-likeness (QED) is 0.782. The van der Waals surface area contributed by atoms with Crippen LogP contribution in [-0.2, 0) is 16.4 Å². The Labute approximate surface area is 140 Å². The highest BCUT2D eigenvalue weighted by atomic mass is 32.2. The van der Waals surface area contributed by atoms with Gasteiger partial charge in [-0.25, -0.2) is 17.5 Å². The van der Waals surface area contributed by atoms with Crippen molar-refractivity contribution in [3.63, 3.8) is 0 Å². The number of amides is 1. The van der Waals surface area contributed by atoms with Gasteiger partial charge in [-0.05, 0) is 18.8 Å². The number of aryl methyl sites for hydroxylation is 1. The predicted octanol–water partition coefficient (Wildman–Crippen LogP) is 0.942. The molecule has 0 bridgehead atoms. The minimum Gasteiger partial charge on any atom is -0.478 e. The minimum atomic E-state index is -3.16. The summed E-state index contributed by atoms with van der Waals surface area (Å²) in [7, 11) is -3.16. The Morgan fingerprint density at radius 1 is 1.38 bits per heavy atom. The molecular formula is C15H22N2O6S. The van der Waals surface area contributed by atoms with Crippen molar-refractivity contribution in [2.45, 2.75) is 26.2 Å². The Morgan fingerprint density at radius 3 is 2.46 bits per heavy atom. The van der Waals surface area contributed by atoms with Gasteiger partial charge in [-0.1, -0.05) is 6.92 Å². The molecule has 2 N–H and O–H groups in total. The van der Waals surface area contributed by atoms with Gasteiger partial charge in [-0.15, -0.1) is 0 Å². The standard InChI is InChI=1S/C15H22N2O6S/c1-3-12-11(15(19)20)8-13(23-12)14(18)16-9-10-4-6-17(7-5-10)24(2,21)22/h8,10H,3-7,9H2,1-2H3,(H,16,18)(H,19,20). The lowest BCUT2D eigenvalue weighted by Gasteiger charge is -2.30. The van der Waals surface area contributed by atoms with E-state index in [2.05, 4.69) is 5.32 Å². The molecule has 1 aliphatic rings. The van der Waals surface area contributed by atoms with Crippen molar-refractivity contribution in [2.75, 3.05) is 25.9 Å². The average Bonchev–Trinajstić information content (AvgIpc) is 2.97.